The molecule has 3 heteroatoms. The zero-order chi connectivity index (χ0) is 11.8. The van der Waals surface area contributed by atoms with E-state index in [0.717, 1.165) is 18.2 Å². The van der Waals surface area contributed by atoms with E-state index in [1.807, 2.05) is 0 Å². The molecule has 90 valence electrons. The molecule has 1 aromatic heterocycles. The smallest absolute Gasteiger partial charge is 0.0512 e. The molecule has 1 saturated carbocycles. The van der Waals surface area contributed by atoms with E-state index in [0.29, 0.717) is 0 Å². The van der Waals surface area contributed by atoms with Crippen LogP contribution in [-0.4, -0.2) is 10.8 Å². The van der Waals surface area contributed by atoms with Gasteiger partial charge in [0.2, 0.25) is 0 Å². The van der Waals surface area contributed by atoms with Gasteiger partial charge in [0.05, 0.1) is 5.52 Å². The van der Waals surface area contributed by atoms with Gasteiger partial charge >= 0.3 is 0 Å². The van der Waals surface area contributed by atoms with Crippen molar-refractivity contribution in [1.82, 2.24) is 4.57 Å². The first-order valence-corrected chi connectivity index (χ1v) is 7.43. The van der Waals surface area contributed by atoms with Crippen LogP contribution in [0, 0.1) is 5.92 Å². The highest BCUT2D eigenvalue weighted by atomic mass is 32.2. The van der Waals surface area contributed by atoms with Gasteiger partial charge in [-0.15, -0.1) is 11.8 Å². The number of hydrogen-bond donors (Lipinski definition) is 1. The largest absolute Gasteiger partial charge is 0.399 e. The summed E-state index contributed by atoms with van der Waals surface area (Å²) >= 11 is 1.77. The fraction of sp³-hybridized carbons (Fsp3) is 0.429. The molecule has 0 unspecified atom stereocenters. The van der Waals surface area contributed by atoms with Gasteiger partial charge in [0.1, 0.15) is 0 Å². The Bertz CT molecular complexity index is 540. The molecular formula is C14H18N2S. The monoisotopic (exact) mass is 246 g/mol. The number of hydrogen-bond acceptors (Lipinski definition) is 2. The van der Waals surface area contributed by atoms with E-state index < -0.39 is 0 Å². The highest BCUT2D eigenvalue weighted by Gasteiger charge is 2.20. The molecule has 0 bridgehead atoms. The molecule has 1 aliphatic carbocycles. The maximum absolute atomic E-state index is 5.97. The minimum Gasteiger partial charge on any atom is -0.399 e. The molecule has 1 aliphatic rings. The Morgan fingerprint density at radius 1 is 1.41 bits per heavy atom. The number of fused-ring (bicyclic) bond motifs is 1. The van der Waals surface area contributed by atoms with Crippen LogP contribution in [0.25, 0.3) is 10.9 Å². The molecule has 0 spiro atoms. The zero-order valence-electron chi connectivity index (χ0n) is 10.1. The number of nitrogens with two attached hydrogens (primary N) is 1. The Morgan fingerprint density at radius 3 is 2.94 bits per heavy atom. The summed E-state index contributed by atoms with van der Waals surface area (Å²) in [5.41, 5.74) is 8.13. The number of nitrogens with zero attached hydrogens (tertiary/aromatic N) is 1. The topological polar surface area (TPSA) is 30.9 Å². The molecule has 0 aliphatic heterocycles. The Balaban J connectivity index is 1.97. The molecule has 17 heavy (non-hydrogen) atoms. The third-order valence-corrected chi connectivity index (χ3v) is 4.35. The molecule has 0 saturated heterocycles. The molecule has 2 aromatic rings. The van der Waals surface area contributed by atoms with Crippen LogP contribution >= 0.6 is 11.8 Å². The van der Waals surface area contributed by atoms with Gasteiger partial charge in [0.25, 0.3) is 0 Å². The van der Waals surface area contributed by atoms with Crippen molar-refractivity contribution in [2.45, 2.75) is 30.7 Å². The predicted molar refractivity (Wildman–Crippen MR) is 75.5 cm³/mol. The molecule has 0 atom stereocenters. The van der Waals surface area contributed by atoms with Crippen molar-refractivity contribution < 1.29 is 0 Å². The van der Waals surface area contributed by atoms with Crippen LogP contribution in [0.1, 0.15) is 19.3 Å². The quantitative estimate of drug-likeness (QED) is 0.658. The average Bonchev–Trinajstić information content (AvgIpc) is 3.07. The van der Waals surface area contributed by atoms with Crippen molar-refractivity contribution in [3.63, 3.8) is 0 Å². The number of aryl methyl sites for hydroxylation is 1. The van der Waals surface area contributed by atoms with Crippen LogP contribution in [0.2, 0.25) is 0 Å². The van der Waals surface area contributed by atoms with E-state index in [1.165, 1.54) is 35.1 Å². The van der Waals surface area contributed by atoms with E-state index in [9.17, 15) is 0 Å². The van der Waals surface area contributed by atoms with Crippen molar-refractivity contribution >= 4 is 28.4 Å². The fourth-order valence-electron chi connectivity index (χ4n) is 2.37. The molecule has 0 radical (unpaired) electrons. The van der Waals surface area contributed by atoms with Gasteiger partial charge in [-0.3, -0.25) is 0 Å². The first kappa shape index (κ1) is 11.0. The van der Waals surface area contributed by atoms with Crippen LogP contribution in [0.15, 0.2) is 29.3 Å². The standard InChI is InChI=1S/C14H18N2S/c1-17-14-9-11(15)8-13-12(14)5-7-16(13)6-4-10-2-3-10/h5,7-10H,2-4,6,15H2,1H3. The van der Waals surface area contributed by atoms with E-state index in [1.54, 1.807) is 11.8 Å². The number of nitrogen functional groups attached to an aromatic ring is 1. The van der Waals surface area contributed by atoms with Crippen LogP contribution in [-0.2, 0) is 6.54 Å². The lowest BCUT2D eigenvalue weighted by atomic mass is 10.2. The van der Waals surface area contributed by atoms with Crippen molar-refractivity contribution in [3.8, 4) is 0 Å². The molecule has 0 amide bonds. The van der Waals surface area contributed by atoms with Crippen LogP contribution in [0.5, 0.6) is 0 Å². The van der Waals surface area contributed by atoms with Gasteiger partial charge in [-0.25, -0.2) is 0 Å². The van der Waals surface area contributed by atoms with Crippen molar-refractivity contribution in [2.24, 2.45) is 5.92 Å². The Hall–Kier alpha value is -1.09. The third-order valence-electron chi connectivity index (χ3n) is 3.57. The lowest BCUT2D eigenvalue weighted by molar-refractivity contribution is 0.611. The normalized spacial score (nSPS) is 15.6. The van der Waals surface area contributed by atoms with Gasteiger partial charge in [0, 0.05) is 28.7 Å². The van der Waals surface area contributed by atoms with Crippen LogP contribution in [0.3, 0.4) is 0 Å². The maximum Gasteiger partial charge on any atom is 0.0512 e. The summed E-state index contributed by atoms with van der Waals surface area (Å²) in [6.07, 6.45) is 8.48. The van der Waals surface area contributed by atoms with E-state index in [-0.39, 0.29) is 0 Å². The molecule has 2 nitrogen and oxygen atoms in total. The predicted octanol–water partition coefficient (Wildman–Crippen LogP) is 3.75. The van der Waals surface area contributed by atoms with Gasteiger partial charge < -0.3 is 10.3 Å². The van der Waals surface area contributed by atoms with Gasteiger partial charge in [0.15, 0.2) is 0 Å². The number of thioether (sulfide) groups is 1. The summed E-state index contributed by atoms with van der Waals surface area (Å²) in [6, 6.07) is 6.38. The first-order valence-electron chi connectivity index (χ1n) is 6.20. The summed E-state index contributed by atoms with van der Waals surface area (Å²) in [7, 11) is 0. The van der Waals surface area contributed by atoms with Crippen LogP contribution < -0.4 is 5.73 Å². The van der Waals surface area contributed by atoms with Gasteiger partial charge in [-0.1, -0.05) is 12.8 Å². The minimum absolute atomic E-state index is 0.869. The van der Waals surface area contributed by atoms with Crippen molar-refractivity contribution in [3.05, 3.63) is 24.4 Å². The summed E-state index contributed by atoms with van der Waals surface area (Å²) in [5, 5.41) is 1.34. The third kappa shape index (κ3) is 2.16. The second kappa shape index (κ2) is 4.30. The SMILES string of the molecule is CSc1cc(N)cc2c1ccn2CCC1CC1. The number of aromatic nitrogens is 1. The lowest BCUT2D eigenvalue weighted by Crippen LogP contribution is -1.97. The summed E-state index contributed by atoms with van der Waals surface area (Å²) in [4.78, 5) is 1.28. The molecule has 1 heterocycles. The zero-order valence-corrected chi connectivity index (χ0v) is 11.0. The summed E-state index contributed by atoms with van der Waals surface area (Å²) in [5.74, 6) is 0.980. The second-order valence-electron chi connectivity index (χ2n) is 4.90. The van der Waals surface area contributed by atoms with E-state index >= 15 is 0 Å². The van der Waals surface area contributed by atoms with E-state index in [2.05, 4.69) is 35.2 Å². The van der Waals surface area contributed by atoms with Crippen molar-refractivity contribution in [2.75, 3.05) is 12.0 Å². The molecule has 3 rings (SSSR count). The molecular weight excluding hydrogens is 228 g/mol. The molecule has 1 fully saturated rings. The number of benzene rings is 1. The second-order valence-corrected chi connectivity index (χ2v) is 5.75. The number of rotatable bonds is 4. The Morgan fingerprint density at radius 2 is 2.24 bits per heavy atom. The van der Waals surface area contributed by atoms with Crippen molar-refractivity contribution in [1.29, 1.82) is 0 Å². The lowest BCUT2D eigenvalue weighted by Gasteiger charge is -2.07. The maximum atomic E-state index is 5.97. The average molecular weight is 246 g/mol. The Kier molecular flexibility index (Phi) is 2.79. The first-order chi connectivity index (χ1) is 8.28. The van der Waals surface area contributed by atoms with Gasteiger partial charge in [-0.05, 0) is 36.8 Å². The minimum atomic E-state index is 0.869. The molecule has 2 N–H and O–H groups in total. The summed E-state index contributed by atoms with van der Waals surface area (Å²) in [6.45, 7) is 1.13. The van der Waals surface area contributed by atoms with Crippen LogP contribution in [0.4, 0.5) is 5.69 Å². The van der Waals surface area contributed by atoms with Gasteiger partial charge in [-0.2, -0.15) is 0 Å². The fourth-order valence-corrected chi connectivity index (χ4v) is 3.02. The Labute approximate surface area is 106 Å². The number of anilines is 1. The highest BCUT2D eigenvalue weighted by Crippen LogP contribution is 2.34. The molecule has 1 aromatic carbocycles. The summed E-state index contributed by atoms with van der Waals surface area (Å²) < 4.78 is 2.35. The van der Waals surface area contributed by atoms with E-state index in [4.69, 9.17) is 5.73 Å². The highest BCUT2D eigenvalue weighted by molar-refractivity contribution is 7.98.